The largest absolute Gasteiger partial charge is 0.504 e. The molecule has 1 aromatic carbocycles. The monoisotopic (exact) mass is 479 g/mol. The van der Waals surface area contributed by atoms with E-state index in [1.54, 1.807) is 6.07 Å². The summed E-state index contributed by atoms with van der Waals surface area (Å²) in [6.45, 7) is 4.96. The highest BCUT2D eigenvalue weighted by Crippen LogP contribution is 2.61. The number of carboxylic acids is 1. The minimum absolute atomic E-state index is 0.0776. The summed E-state index contributed by atoms with van der Waals surface area (Å²) < 4.78 is 11.8. The third-order valence-corrected chi connectivity index (χ3v) is 9.10. The summed E-state index contributed by atoms with van der Waals surface area (Å²) in [5.74, 6) is -0.440. The number of hydrogen-bond donors (Lipinski definition) is 5. The van der Waals surface area contributed by atoms with Gasteiger partial charge in [-0.05, 0) is 38.1 Å². The molecule has 0 aromatic heterocycles. The Balaban J connectivity index is 1.46. The number of nitrogens with zero attached hydrogens (tertiary/aromatic N) is 1. The van der Waals surface area contributed by atoms with Crippen LogP contribution in [-0.4, -0.2) is 97.7 Å². The van der Waals surface area contributed by atoms with Gasteiger partial charge in [0.15, 0.2) is 17.6 Å². The Morgan fingerprint density at radius 3 is 2.76 bits per heavy atom. The number of piperidine rings is 1. The molecule has 1 aromatic rings. The third kappa shape index (κ3) is 3.23. The average Bonchev–Trinajstić information content (AvgIpc) is 3.12. The standard InChI is InChI=1S/C23H29NO8S/c1-3-11-12-8-10-4-5-13(25)19-15(10)23(11,6-7-24(12)2)14(31-19)9-33-22-18(28)16(26)17(27)20(32-22)21(29)30/h3-5,11-12,14,16-18,20,22,25-28H,1,6-9H2,2H3,(H,29,30). The van der Waals surface area contributed by atoms with Crippen LogP contribution in [0.3, 0.4) is 0 Å². The fourth-order valence-electron chi connectivity index (χ4n) is 6.23. The summed E-state index contributed by atoms with van der Waals surface area (Å²) in [4.78, 5) is 13.8. The van der Waals surface area contributed by atoms with E-state index in [9.17, 15) is 30.3 Å². The van der Waals surface area contributed by atoms with Crippen molar-refractivity contribution in [2.45, 2.75) is 60.3 Å². The van der Waals surface area contributed by atoms with Gasteiger partial charge in [-0.15, -0.1) is 18.3 Å². The Labute approximate surface area is 195 Å². The molecule has 1 spiro atoms. The highest BCUT2D eigenvalue weighted by molar-refractivity contribution is 7.99. The van der Waals surface area contributed by atoms with Crippen LogP contribution in [0.5, 0.6) is 11.5 Å². The summed E-state index contributed by atoms with van der Waals surface area (Å²) in [5, 5.41) is 50.5. The number of carbonyl (C=O) groups is 1. The molecule has 0 saturated carbocycles. The van der Waals surface area contributed by atoms with Crippen molar-refractivity contribution in [3.63, 3.8) is 0 Å². The van der Waals surface area contributed by atoms with Crippen LogP contribution < -0.4 is 4.74 Å². The van der Waals surface area contributed by atoms with Crippen LogP contribution in [0.4, 0.5) is 0 Å². The van der Waals surface area contributed by atoms with Crippen molar-refractivity contribution in [3.05, 3.63) is 35.9 Å². The molecule has 0 amide bonds. The predicted octanol–water partition coefficient (Wildman–Crippen LogP) is 0.0788. The number of aliphatic hydroxyl groups excluding tert-OH is 3. The van der Waals surface area contributed by atoms with Gasteiger partial charge in [0.25, 0.3) is 0 Å². The van der Waals surface area contributed by atoms with Gasteiger partial charge in [0.05, 0.1) is 0 Å². The number of likely N-dealkylation sites (N-methyl/N-ethyl adjacent to an activating group) is 1. The Kier molecular flexibility index (Phi) is 5.66. The van der Waals surface area contributed by atoms with Crippen molar-refractivity contribution in [2.75, 3.05) is 19.3 Å². The lowest BCUT2D eigenvalue weighted by molar-refractivity contribution is -0.209. The SMILES string of the molecule is C=CC1C2Cc3ccc(O)c4c3C1(CCN2C)C(CSC1OC(C(=O)O)C(O)C(O)C1O)O4. The highest BCUT2D eigenvalue weighted by atomic mass is 32.2. The molecular formula is C23H29NO8S. The number of aliphatic hydroxyl groups is 3. The zero-order valence-corrected chi connectivity index (χ0v) is 19.0. The molecule has 2 fully saturated rings. The summed E-state index contributed by atoms with van der Waals surface area (Å²) in [6.07, 6.45) is -3.26. The number of phenolic OH excluding ortho intramolecular Hbond substituents is 1. The lowest BCUT2D eigenvalue weighted by atomic mass is 9.56. The second-order valence-corrected chi connectivity index (χ2v) is 10.6. The Hall–Kier alpha value is -1.82. The predicted molar refractivity (Wildman–Crippen MR) is 119 cm³/mol. The number of hydrogen-bond acceptors (Lipinski definition) is 9. The third-order valence-electron chi connectivity index (χ3n) is 7.88. The van der Waals surface area contributed by atoms with Crippen LogP contribution in [0.15, 0.2) is 24.8 Å². The van der Waals surface area contributed by atoms with E-state index in [1.165, 1.54) is 0 Å². The number of fused-ring (bicyclic) bond motifs is 1. The van der Waals surface area contributed by atoms with Crippen molar-refractivity contribution in [1.29, 1.82) is 0 Å². The molecule has 1 aliphatic carbocycles. The van der Waals surface area contributed by atoms with Crippen molar-refractivity contribution >= 4 is 17.7 Å². The Morgan fingerprint density at radius 2 is 2.06 bits per heavy atom. The summed E-state index contributed by atoms with van der Waals surface area (Å²) in [7, 11) is 2.10. The average molecular weight is 480 g/mol. The van der Waals surface area contributed by atoms with Gasteiger partial charge in [-0.1, -0.05) is 12.1 Å². The molecule has 9 atom stereocenters. The van der Waals surface area contributed by atoms with Crippen LogP contribution >= 0.6 is 11.8 Å². The number of rotatable bonds is 5. The van der Waals surface area contributed by atoms with Gasteiger partial charge in [-0.3, -0.25) is 0 Å². The van der Waals surface area contributed by atoms with E-state index < -0.39 is 41.2 Å². The number of carboxylic acid groups (broad SMARTS) is 1. The van der Waals surface area contributed by atoms with E-state index in [1.807, 2.05) is 12.1 Å². The van der Waals surface area contributed by atoms with E-state index in [0.29, 0.717) is 11.5 Å². The summed E-state index contributed by atoms with van der Waals surface area (Å²) in [6, 6.07) is 3.85. The van der Waals surface area contributed by atoms with E-state index in [4.69, 9.17) is 9.47 Å². The van der Waals surface area contributed by atoms with Crippen molar-refractivity contribution in [2.24, 2.45) is 5.92 Å². The number of aromatic hydroxyl groups is 1. The zero-order chi connectivity index (χ0) is 23.7. The maximum Gasteiger partial charge on any atom is 0.335 e. The summed E-state index contributed by atoms with van der Waals surface area (Å²) in [5.41, 5.74) is 0.682. The number of thioether (sulfide) groups is 1. The van der Waals surface area contributed by atoms with E-state index in [2.05, 4.69) is 18.5 Å². The van der Waals surface area contributed by atoms with E-state index in [0.717, 1.165) is 42.3 Å². The topological polar surface area (TPSA) is 140 Å². The van der Waals surface area contributed by atoms with Crippen molar-refractivity contribution in [1.82, 2.24) is 4.90 Å². The molecule has 3 heterocycles. The maximum atomic E-state index is 11.5. The molecule has 3 aliphatic heterocycles. The Morgan fingerprint density at radius 1 is 1.30 bits per heavy atom. The minimum atomic E-state index is -1.72. The first-order valence-electron chi connectivity index (χ1n) is 11.1. The van der Waals surface area contributed by atoms with Crippen LogP contribution in [0.2, 0.25) is 0 Å². The van der Waals surface area contributed by atoms with Crippen LogP contribution in [0, 0.1) is 5.92 Å². The van der Waals surface area contributed by atoms with Gasteiger partial charge in [0.2, 0.25) is 0 Å². The molecular weight excluding hydrogens is 450 g/mol. The molecule has 0 radical (unpaired) electrons. The van der Waals surface area contributed by atoms with Gasteiger partial charge in [0.1, 0.15) is 29.9 Å². The molecule has 4 aliphatic rings. The smallest absolute Gasteiger partial charge is 0.335 e. The second kappa shape index (κ2) is 8.14. The molecule has 9 unspecified atom stereocenters. The van der Waals surface area contributed by atoms with Crippen molar-refractivity contribution < 1.29 is 39.8 Å². The zero-order valence-electron chi connectivity index (χ0n) is 18.2. The summed E-state index contributed by atoms with van der Waals surface area (Å²) >= 11 is 1.15. The molecule has 5 rings (SSSR count). The molecule has 10 heteroatoms. The first kappa shape index (κ1) is 22.9. The molecule has 5 N–H and O–H groups in total. The number of benzene rings is 1. The van der Waals surface area contributed by atoms with Gasteiger partial charge in [-0.2, -0.15) is 0 Å². The van der Waals surface area contributed by atoms with Gasteiger partial charge >= 0.3 is 5.97 Å². The molecule has 2 bridgehead atoms. The van der Waals surface area contributed by atoms with Gasteiger partial charge < -0.3 is 39.9 Å². The first-order valence-corrected chi connectivity index (χ1v) is 12.1. The number of aliphatic carboxylic acids is 1. The van der Waals surface area contributed by atoms with Crippen LogP contribution in [0.25, 0.3) is 0 Å². The minimum Gasteiger partial charge on any atom is -0.504 e. The normalized spacial score (nSPS) is 41.8. The lowest BCUT2D eigenvalue weighted by Crippen LogP contribution is -2.62. The highest BCUT2D eigenvalue weighted by Gasteiger charge is 2.61. The van der Waals surface area contributed by atoms with E-state index in [-0.39, 0.29) is 23.8 Å². The van der Waals surface area contributed by atoms with Crippen molar-refractivity contribution in [3.8, 4) is 11.5 Å². The van der Waals surface area contributed by atoms with Crippen LogP contribution in [-0.2, 0) is 21.4 Å². The Bertz CT molecular complexity index is 974. The van der Waals surface area contributed by atoms with E-state index >= 15 is 0 Å². The number of phenols is 1. The molecule has 180 valence electrons. The lowest BCUT2D eigenvalue weighted by Gasteiger charge is -2.54. The fraction of sp³-hybridized carbons (Fsp3) is 0.609. The quantitative estimate of drug-likeness (QED) is 0.369. The second-order valence-electron chi connectivity index (χ2n) is 9.43. The van der Waals surface area contributed by atoms with Gasteiger partial charge in [0, 0.05) is 28.7 Å². The fourth-order valence-corrected chi connectivity index (χ4v) is 7.52. The molecule has 9 nitrogen and oxygen atoms in total. The molecule has 2 saturated heterocycles. The number of likely N-dealkylation sites (tertiary alicyclic amines) is 1. The maximum absolute atomic E-state index is 11.5. The number of ether oxygens (including phenoxy) is 2. The molecule has 33 heavy (non-hydrogen) atoms. The first-order chi connectivity index (χ1) is 15.7. The van der Waals surface area contributed by atoms with Crippen LogP contribution in [0.1, 0.15) is 17.5 Å². The van der Waals surface area contributed by atoms with Gasteiger partial charge in [-0.25, -0.2) is 4.79 Å².